The van der Waals surface area contributed by atoms with Crippen molar-refractivity contribution in [1.82, 2.24) is 9.80 Å². The van der Waals surface area contributed by atoms with Gasteiger partial charge in [-0.3, -0.25) is 9.69 Å². The molecule has 0 aliphatic carbocycles. The summed E-state index contributed by atoms with van der Waals surface area (Å²) in [6, 6.07) is 11.1. The van der Waals surface area contributed by atoms with Crippen LogP contribution in [0.25, 0.3) is 0 Å². The first-order valence-electron chi connectivity index (χ1n) is 9.36. The fourth-order valence-corrected chi connectivity index (χ4v) is 3.78. The van der Waals surface area contributed by atoms with Gasteiger partial charge < -0.3 is 9.64 Å². The summed E-state index contributed by atoms with van der Waals surface area (Å²) >= 11 is 0. The zero-order valence-corrected chi connectivity index (χ0v) is 14.8. The highest BCUT2D eigenvalue weighted by molar-refractivity contribution is 5.78. The van der Waals surface area contributed by atoms with Crippen LogP contribution in [0.4, 0.5) is 0 Å². The number of hydrogen-bond acceptors (Lipinski definition) is 3. The number of carbonyl (C=O) groups excluding carboxylic acids is 1. The fourth-order valence-electron chi connectivity index (χ4n) is 3.78. The third-order valence-electron chi connectivity index (χ3n) is 5.50. The minimum atomic E-state index is 0.293. The summed E-state index contributed by atoms with van der Waals surface area (Å²) in [5.74, 6) is 1.00. The van der Waals surface area contributed by atoms with Crippen LogP contribution in [-0.2, 0) is 16.0 Å². The molecule has 0 aromatic heterocycles. The molecule has 24 heavy (non-hydrogen) atoms. The molecule has 2 heterocycles. The predicted molar refractivity (Wildman–Crippen MR) is 95.9 cm³/mol. The molecule has 2 aliphatic rings. The van der Waals surface area contributed by atoms with Gasteiger partial charge >= 0.3 is 0 Å². The zero-order valence-electron chi connectivity index (χ0n) is 14.8. The molecule has 2 aliphatic heterocycles. The highest BCUT2D eigenvalue weighted by atomic mass is 16.5. The van der Waals surface area contributed by atoms with Crippen LogP contribution in [0, 0.1) is 5.92 Å². The van der Waals surface area contributed by atoms with Crippen molar-refractivity contribution >= 4 is 5.91 Å². The molecule has 2 fully saturated rings. The zero-order chi connectivity index (χ0) is 16.8. The highest BCUT2D eigenvalue weighted by Crippen LogP contribution is 2.22. The summed E-state index contributed by atoms with van der Waals surface area (Å²) in [7, 11) is 0. The second kappa shape index (κ2) is 8.63. The van der Waals surface area contributed by atoms with Gasteiger partial charge in [-0.05, 0) is 44.1 Å². The maximum atomic E-state index is 12.6. The van der Waals surface area contributed by atoms with E-state index < -0.39 is 0 Å². The standard InChI is InChI=1S/C20H30N2O2/c1-17-9-13-24-14-12-22(17)16-20(23)21-10-7-19(8-11-21)15-18-5-3-2-4-6-18/h2-6,17,19H,7-16H2,1H3. The Morgan fingerprint density at radius 3 is 2.58 bits per heavy atom. The first-order chi connectivity index (χ1) is 11.7. The molecule has 1 amide bonds. The molecule has 4 nitrogen and oxygen atoms in total. The van der Waals surface area contributed by atoms with Crippen LogP contribution in [0.1, 0.15) is 31.7 Å². The minimum absolute atomic E-state index is 0.293. The van der Waals surface area contributed by atoms with Gasteiger partial charge in [-0.15, -0.1) is 0 Å². The number of amides is 1. The number of likely N-dealkylation sites (tertiary alicyclic amines) is 1. The van der Waals surface area contributed by atoms with E-state index in [9.17, 15) is 4.79 Å². The molecular weight excluding hydrogens is 300 g/mol. The van der Waals surface area contributed by atoms with E-state index in [1.54, 1.807) is 0 Å². The van der Waals surface area contributed by atoms with Crippen LogP contribution in [0.15, 0.2) is 30.3 Å². The summed E-state index contributed by atoms with van der Waals surface area (Å²) in [5, 5.41) is 0. The van der Waals surface area contributed by atoms with E-state index in [1.807, 2.05) is 0 Å². The molecule has 0 bridgehead atoms. The summed E-state index contributed by atoms with van der Waals surface area (Å²) < 4.78 is 5.53. The SMILES string of the molecule is CC1CCOCCN1CC(=O)N1CCC(Cc2ccccc2)CC1. The number of carbonyl (C=O) groups is 1. The molecule has 2 saturated heterocycles. The second-order valence-corrected chi connectivity index (χ2v) is 7.23. The number of benzene rings is 1. The lowest BCUT2D eigenvalue weighted by Crippen LogP contribution is -2.46. The topological polar surface area (TPSA) is 32.8 Å². The van der Waals surface area contributed by atoms with Gasteiger partial charge in [0.1, 0.15) is 0 Å². The van der Waals surface area contributed by atoms with Gasteiger partial charge in [0.05, 0.1) is 13.2 Å². The third kappa shape index (κ3) is 4.81. The van der Waals surface area contributed by atoms with Crippen molar-refractivity contribution < 1.29 is 9.53 Å². The van der Waals surface area contributed by atoms with Crippen molar-refractivity contribution in [3.8, 4) is 0 Å². The van der Waals surface area contributed by atoms with Crippen LogP contribution < -0.4 is 0 Å². The summed E-state index contributed by atoms with van der Waals surface area (Å²) in [4.78, 5) is 17.0. The fraction of sp³-hybridized carbons (Fsp3) is 0.650. The smallest absolute Gasteiger partial charge is 0.236 e. The lowest BCUT2D eigenvalue weighted by atomic mass is 9.90. The van der Waals surface area contributed by atoms with E-state index in [1.165, 1.54) is 5.56 Å². The monoisotopic (exact) mass is 330 g/mol. The molecule has 3 rings (SSSR count). The third-order valence-corrected chi connectivity index (χ3v) is 5.50. The van der Waals surface area contributed by atoms with E-state index in [0.29, 0.717) is 24.4 Å². The normalized spacial score (nSPS) is 23.9. The molecule has 0 saturated carbocycles. The van der Waals surface area contributed by atoms with Crippen LogP contribution in [0.3, 0.4) is 0 Å². The number of ether oxygens (including phenoxy) is 1. The number of nitrogens with zero attached hydrogens (tertiary/aromatic N) is 2. The molecule has 132 valence electrons. The van der Waals surface area contributed by atoms with Gasteiger partial charge in [0.25, 0.3) is 0 Å². The largest absolute Gasteiger partial charge is 0.380 e. The second-order valence-electron chi connectivity index (χ2n) is 7.23. The van der Waals surface area contributed by atoms with E-state index in [-0.39, 0.29) is 0 Å². The lowest BCUT2D eigenvalue weighted by Gasteiger charge is -2.34. The van der Waals surface area contributed by atoms with Gasteiger partial charge in [0, 0.05) is 32.3 Å². The van der Waals surface area contributed by atoms with Crippen molar-refractivity contribution in [2.24, 2.45) is 5.92 Å². The number of piperidine rings is 1. The quantitative estimate of drug-likeness (QED) is 0.851. The van der Waals surface area contributed by atoms with Gasteiger partial charge in [-0.25, -0.2) is 0 Å². The maximum absolute atomic E-state index is 12.6. The minimum Gasteiger partial charge on any atom is -0.380 e. The molecule has 0 spiro atoms. The average molecular weight is 330 g/mol. The van der Waals surface area contributed by atoms with Crippen molar-refractivity contribution in [3.63, 3.8) is 0 Å². The van der Waals surface area contributed by atoms with E-state index in [4.69, 9.17) is 4.74 Å². The Kier molecular flexibility index (Phi) is 6.27. The molecular formula is C20H30N2O2. The van der Waals surface area contributed by atoms with E-state index in [0.717, 1.165) is 58.5 Å². The van der Waals surface area contributed by atoms with Crippen LogP contribution in [0.5, 0.6) is 0 Å². The predicted octanol–water partition coefficient (Wildman–Crippen LogP) is 2.58. The van der Waals surface area contributed by atoms with Crippen LogP contribution in [0.2, 0.25) is 0 Å². The molecule has 4 heteroatoms. The van der Waals surface area contributed by atoms with E-state index >= 15 is 0 Å². The molecule has 1 atom stereocenters. The van der Waals surface area contributed by atoms with Crippen LogP contribution >= 0.6 is 0 Å². The van der Waals surface area contributed by atoms with Crippen LogP contribution in [-0.4, -0.2) is 61.1 Å². The summed E-state index contributed by atoms with van der Waals surface area (Å²) in [5.41, 5.74) is 1.42. The first kappa shape index (κ1) is 17.4. The van der Waals surface area contributed by atoms with Gasteiger partial charge in [0.15, 0.2) is 0 Å². The van der Waals surface area contributed by atoms with Gasteiger partial charge in [-0.1, -0.05) is 30.3 Å². The average Bonchev–Trinajstić information content (AvgIpc) is 2.81. The Bertz CT molecular complexity index is 512. The molecule has 1 aromatic carbocycles. The Morgan fingerprint density at radius 1 is 1.08 bits per heavy atom. The number of hydrogen-bond donors (Lipinski definition) is 0. The molecule has 1 aromatic rings. The Balaban J connectivity index is 1.44. The van der Waals surface area contributed by atoms with Crippen molar-refractivity contribution in [2.45, 2.75) is 38.6 Å². The summed E-state index contributed by atoms with van der Waals surface area (Å²) in [6.07, 6.45) is 4.41. The van der Waals surface area contributed by atoms with Crippen molar-refractivity contribution in [3.05, 3.63) is 35.9 Å². The Morgan fingerprint density at radius 2 is 1.83 bits per heavy atom. The highest BCUT2D eigenvalue weighted by Gasteiger charge is 2.26. The van der Waals surface area contributed by atoms with Crippen molar-refractivity contribution in [1.29, 1.82) is 0 Å². The number of rotatable bonds is 4. The lowest BCUT2D eigenvalue weighted by molar-refractivity contribution is -0.134. The van der Waals surface area contributed by atoms with Gasteiger partial charge in [0.2, 0.25) is 5.91 Å². The Hall–Kier alpha value is -1.39. The van der Waals surface area contributed by atoms with Gasteiger partial charge in [-0.2, -0.15) is 0 Å². The van der Waals surface area contributed by atoms with E-state index in [2.05, 4.69) is 47.1 Å². The molecule has 0 N–H and O–H groups in total. The summed E-state index contributed by atoms with van der Waals surface area (Å²) in [6.45, 7) is 7.01. The maximum Gasteiger partial charge on any atom is 0.236 e. The first-order valence-corrected chi connectivity index (χ1v) is 9.36. The molecule has 0 radical (unpaired) electrons. The van der Waals surface area contributed by atoms with Crippen molar-refractivity contribution in [2.75, 3.05) is 39.4 Å². The molecule has 1 unspecified atom stereocenters. The Labute approximate surface area is 145 Å².